The highest BCUT2D eigenvalue weighted by Gasteiger charge is 2.46. The summed E-state index contributed by atoms with van der Waals surface area (Å²) >= 11 is 0. The van der Waals surface area contributed by atoms with Gasteiger partial charge in [-0.15, -0.1) is 0 Å². The fourth-order valence-corrected chi connectivity index (χ4v) is 9.22. The molecule has 1 aliphatic heterocycles. The molecule has 10 rings (SSSR count). The van der Waals surface area contributed by atoms with E-state index >= 15 is 0 Å². The van der Waals surface area contributed by atoms with Crippen LogP contribution in [0.25, 0.3) is 55.0 Å². The summed E-state index contributed by atoms with van der Waals surface area (Å²) in [5.41, 5.74) is 16.1. The lowest BCUT2D eigenvalue weighted by atomic mass is 9.62. The van der Waals surface area contributed by atoms with Gasteiger partial charge in [0.15, 0.2) is 0 Å². The summed E-state index contributed by atoms with van der Waals surface area (Å²) in [5.74, 6) is 0.443. The molecule has 1 aliphatic rings. The zero-order valence-electron chi connectivity index (χ0n) is 29.6. The van der Waals surface area contributed by atoms with Crippen LogP contribution in [0.1, 0.15) is 65.1 Å². The molecule has 0 bridgehead atoms. The molecule has 2 aromatic heterocycles. The summed E-state index contributed by atoms with van der Waals surface area (Å²) in [6.07, 6.45) is 1.09. The van der Waals surface area contributed by atoms with Crippen LogP contribution in [0.2, 0.25) is 0 Å². The van der Waals surface area contributed by atoms with Crippen molar-refractivity contribution in [1.29, 1.82) is 0 Å². The Bertz CT molecular complexity index is 2820. The molecule has 0 amide bonds. The number of hydrogen-bond acceptors (Lipinski definition) is 0. The van der Waals surface area contributed by atoms with Gasteiger partial charge in [-0.3, -0.25) is 0 Å². The van der Waals surface area contributed by atoms with Crippen LogP contribution in [0.15, 0.2) is 152 Å². The van der Waals surface area contributed by atoms with E-state index in [1.54, 1.807) is 0 Å². The van der Waals surface area contributed by atoms with Crippen molar-refractivity contribution in [3.8, 4) is 11.4 Å². The Morgan fingerprint density at radius 3 is 1.98 bits per heavy atom. The molecule has 3 heterocycles. The standard InChI is InChI=1S/C49H40N2/c1-5-33(4)34-21-24-47-42(29-34)49(35-14-8-6-9-15-35,43-28-32(3)27-41-39-26-31(2)20-23-46(39)51(47)48(41)43)36-22-25-45-40(30-36)38-18-12-13-19-44(38)50(45)37-16-10-7-11-17-37/h6-30,33H,5H2,1-4H3. The van der Waals surface area contributed by atoms with Gasteiger partial charge in [0.1, 0.15) is 0 Å². The van der Waals surface area contributed by atoms with E-state index < -0.39 is 5.41 Å². The Hall–Kier alpha value is -5.86. The molecule has 0 saturated heterocycles. The lowest BCUT2D eigenvalue weighted by Gasteiger charge is -2.42. The van der Waals surface area contributed by atoms with Crippen molar-refractivity contribution in [2.24, 2.45) is 0 Å². The van der Waals surface area contributed by atoms with Crippen LogP contribution in [0.4, 0.5) is 0 Å². The van der Waals surface area contributed by atoms with Gasteiger partial charge in [0, 0.05) is 27.2 Å². The molecule has 51 heavy (non-hydrogen) atoms. The lowest BCUT2D eigenvalue weighted by Crippen LogP contribution is -2.35. The van der Waals surface area contributed by atoms with Crippen molar-refractivity contribution >= 4 is 43.6 Å². The van der Waals surface area contributed by atoms with Gasteiger partial charge in [-0.25, -0.2) is 0 Å². The smallest absolute Gasteiger partial charge is 0.0743 e. The lowest BCUT2D eigenvalue weighted by molar-refractivity contribution is 0.705. The van der Waals surface area contributed by atoms with E-state index in [9.17, 15) is 0 Å². The second kappa shape index (κ2) is 11.1. The average Bonchev–Trinajstić information content (AvgIpc) is 3.67. The molecule has 2 unspecified atom stereocenters. The molecule has 2 nitrogen and oxygen atoms in total. The quantitative estimate of drug-likeness (QED) is 0.174. The van der Waals surface area contributed by atoms with Gasteiger partial charge in [0.2, 0.25) is 0 Å². The van der Waals surface area contributed by atoms with E-state index in [-0.39, 0.29) is 0 Å². The van der Waals surface area contributed by atoms with Gasteiger partial charge in [-0.05, 0) is 109 Å². The third-order valence-electron chi connectivity index (χ3n) is 11.7. The molecule has 2 heteroatoms. The summed E-state index contributed by atoms with van der Waals surface area (Å²) in [7, 11) is 0. The first-order chi connectivity index (χ1) is 25.0. The SMILES string of the molecule is CCC(C)c1ccc2c(c1)C(c1ccccc1)(c1ccc3c(c1)c1ccccc1n3-c1ccccc1)c1cc(C)cc3c4cc(C)ccc4n-2c13. The minimum absolute atomic E-state index is 0.443. The predicted octanol–water partition coefficient (Wildman–Crippen LogP) is 12.7. The van der Waals surface area contributed by atoms with Gasteiger partial charge in [-0.2, -0.15) is 0 Å². The average molecular weight is 657 g/mol. The summed E-state index contributed by atoms with van der Waals surface area (Å²) in [6, 6.07) is 57.5. The van der Waals surface area contributed by atoms with Gasteiger partial charge in [-0.1, -0.05) is 122 Å². The fourth-order valence-electron chi connectivity index (χ4n) is 9.22. The van der Waals surface area contributed by atoms with E-state index in [2.05, 4.69) is 188 Å². The molecule has 0 saturated carbocycles. The number of para-hydroxylation sites is 2. The first-order valence-electron chi connectivity index (χ1n) is 18.3. The molecule has 9 aromatic rings. The van der Waals surface area contributed by atoms with Crippen molar-refractivity contribution in [3.05, 3.63) is 191 Å². The topological polar surface area (TPSA) is 9.86 Å². The first kappa shape index (κ1) is 30.0. The number of nitrogens with zero attached hydrogens (tertiary/aromatic N) is 2. The zero-order chi connectivity index (χ0) is 34.4. The van der Waals surface area contributed by atoms with Crippen molar-refractivity contribution in [1.82, 2.24) is 9.13 Å². The van der Waals surface area contributed by atoms with Crippen molar-refractivity contribution < 1.29 is 0 Å². The number of hydrogen-bond donors (Lipinski definition) is 0. The summed E-state index contributed by atoms with van der Waals surface area (Å²) in [6.45, 7) is 9.14. The van der Waals surface area contributed by atoms with E-state index in [0.717, 1.165) is 6.42 Å². The maximum atomic E-state index is 2.57. The van der Waals surface area contributed by atoms with Crippen LogP contribution in [-0.2, 0) is 5.41 Å². The molecular formula is C49H40N2. The third kappa shape index (κ3) is 4.11. The summed E-state index contributed by atoms with van der Waals surface area (Å²) in [5, 5.41) is 5.18. The maximum Gasteiger partial charge on any atom is 0.0743 e. The molecule has 0 fully saturated rings. The predicted molar refractivity (Wildman–Crippen MR) is 215 cm³/mol. The van der Waals surface area contributed by atoms with E-state index in [0.29, 0.717) is 5.92 Å². The van der Waals surface area contributed by atoms with Crippen molar-refractivity contribution in [2.75, 3.05) is 0 Å². The van der Waals surface area contributed by atoms with Gasteiger partial charge in [0.05, 0.1) is 33.2 Å². The summed E-state index contributed by atoms with van der Waals surface area (Å²) < 4.78 is 4.99. The Balaban J connectivity index is 1.42. The van der Waals surface area contributed by atoms with Crippen molar-refractivity contribution in [3.63, 3.8) is 0 Å². The van der Waals surface area contributed by atoms with Crippen LogP contribution < -0.4 is 0 Å². The van der Waals surface area contributed by atoms with E-state index in [4.69, 9.17) is 0 Å². The Labute approximate surface area is 299 Å². The highest BCUT2D eigenvalue weighted by molar-refractivity contribution is 6.13. The van der Waals surface area contributed by atoms with Gasteiger partial charge >= 0.3 is 0 Å². The van der Waals surface area contributed by atoms with Gasteiger partial charge in [0.25, 0.3) is 0 Å². The highest BCUT2D eigenvalue weighted by Crippen LogP contribution is 2.55. The monoisotopic (exact) mass is 656 g/mol. The van der Waals surface area contributed by atoms with Gasteiger partial charge < -0.3 is 9.13 Å². The van der Waals surface area contributed by atoms with Crippen LogP contribution >= 0.6 is 0 Å². The molecular weight excluding hydrogens is 617 g/mol. The molecule has 0 spiro atoms. The normalized spacial score (nSPS) is 15.9. The number of fused-ring (bicyclic) bond motifs is 8. The second-order valence-corrected chi connectivity index (χ2v) is 14.7. The van der Waals surface area contributed by atoms with Crippen LogP contribution in [0.3, 0.4) is 0 Å². The number of benzene rings is 7. The molecule has 246 valence electrons. The number of aryl methyl sites for hydroxylation is 2. The van der Waals surface area contributed by atoms with Crippen LogP contribution in [0.5, 0.6) is 0 Å². The maximum absolute atomic E-state index is 2.57. The first-order valence-corrected chi connectivity index (χ1v) is 18.3. The van der Waals surface area contributed by atoms with E-state index in [1.165, 1.54) is 93.9 Å². The minimum atomic E-state index is -0.562. The molecule has 7 aromatic carbocycles. The largest absolute Gasteiger partial charge is 0.309 e. The fraction of sp³-hybridized carbons (Fsp3) is 0.143. The highest BCUT2D eigenvalue weighted by atomic mass is 15.0. The van der Waals surface area contributed by atoms with E-state index in [1.807, 2.05) is 0 Å². The van der Waals surface area contributed by atoms with Crippen LogP contribution in [0, 0.1) is 13.8 Å². The third-order valence-corrected chi connectivity index (χ3v) is 11.7. The molecule has 0 aliphatic carbocycles. The minimum Gasteiger partial charge on any atom is -0.309 e. The Morgan fingerprint density at radius 1 is 0.510 bits per heavy atom. The van der Waals surface area contributed by atoms with Crippen LogP contribution in [-0.4, -0.2) is 9.13 Å². The molecule has 0 radical (unpaired) electrons. The Kier molecular flexibility index (Phi) is 6.51. The molecule has 2 atom stereocenters. The second-order valence-electron chi connectivity index (χ2n) is 14.7. The Morgan fingerprint density at radius 2 is 1.18 bits per heavy atom. The number of rotatable bonds is 5. The molecule has 0 N–H and O–H groups in total. The summed E-state index contributed by atoms with van der Waals surface area (Å²) in [4.78, 5) is 0. The zero-order valence-corrected chi connectivity index (χ0v) is 29.6. The van der Waals surface area contributed by atoms with Crippen molar-refractivity contribution in [2.45, 2.75) is 45.4 Å². The number of aromatic nitrogens is 2.